The van der Waals surface area contributed by atoms with Gasteiger partial charge in [-0.1, -0.05) is 19.9 Å². The van der Waals surface area contributed by atoms with E-state index < -0.39 is 0 Å². The van der Waals surface area contributed by atoms with Crippen LogP contribution in [0.1, 0.15) is 20.3 Å². The Bertz CT molecular complexity index is 493. The highest BCUT2D eigenvalue weighted by Crippen LogP contribution is 2.19. The van der Waals surface area contributed by atoms with Crippen molar-refractivity contribution in [1.82, 2.24) is 10.6 Å². The molecule has 2 atom stereocenters. The van der Waals surface area contributed by atoms with Crippen LogP contribution in [0.5, 0.6) is 5.75 Å². The summed E-state index contributed by atoms with van der Waals surface area (Å²) in [4.78, 5) is 12.1. The van der Waals surface area contributed by atoms with E-state index >= 15 is 0 Å². The van der Waals surface area contributed by atoms with Gasteiger partial charge < -0.3 is 15.4 Å². The largest absolute Gasteiger partial charge is 0.493 e. The predicted octanol–water partition coefficient (Wildman–Crippen LogP) is 2.20. The highest BCUT2D eigenvalue weighted by Gasteiger charge is 2.27. The second-order valence-electron chi connectivity index (χ2n) is 6.36. The number of amides is 1. The van der Waals surface area contributed by atoms with Crippen molar-refractivity contribution in [3.05, 3.63) is 30.1 Å². The summed E-state index contributed by atoms with van der Waals surface area (Å²) in [6.07, 6.45) is 0.798. The third-order valence-corrected chi connectivity index (χ3v) is 3.78. The molecule has 122 valence electrons. The van der Waals surface area contributed by atoms with Crippen LogP contribution in [0.25, 0.3) is 0 Å². The Labute approximate surface area is 131 Å². The fourth-order valence-corrected chi connectivity index (χ4v) is 2.58. The Morgan fingerprint density at radius 1 is 1.45 bits per heavy atom. The molecule has 1 aromatic rings. The fraction of sp³-hybridized carbons (Fsp3) is 0.588. The van der Waals surface area contributed by atoms with Crippen molar-refractivity contribution in [3.63, 3.8) is 0 Å². The van der Waals surface area contributed by atoms with Gasteiger partial charge in [0.05, 0.1) is 12.5 Å². The van der Waals surface area contributed by atoms with Crippen LogP contribution >= 0.6 is 0 Å². The van der Waals surface area contributed by atoms with E-state index in [1.165, 1.54) is 12.1 Å². The minimum absolute atomic E-state index is 0.0198. The molecule has 4 nitrogen and oxygen atoms in total. The number of ether oxygens (including phenoxy) is 1. The van der Waals surface area contributed by atoms with Crippen LogP contribution in [0.4, 0.5) is 4.39 Å². The number of hydrogen-bond acceptors (Lipinski definition) is 3. The van der Waals surface area contributed by atoms with E-state index in [1.807, 2.05) is 0 Å². The van der Waals surface area contributed by atoms with Crippen LogP contribution in [0.15, 0.2) is 24.3 Å². The molecule has 1 fully saturated rings. The molecule has 0 unspecified atom stereocenters. The molecule has 2 N–H and O–H groups in total. The summed E-state index contributed by atoms with van der Waals surface area (Å²) in [5, 5.41) is 6.27. The van der Waals surface area contributed by atoms with E-state index in [-0.39, 0.29) is 23.6 Å². The molecule has 1 saturated heterocycles. The Morgan fingerprint density at radius 3 is 3.00 bits per heavy atom. The van der Waals surface area contributed by atoms with Crippen molar-refractivity contribution in [1.29, 1.82) is 0 Å². The number of rotatable bonds is 6. The van der Waals surface area contributed by atoms with Gasteiger partial charge in [0, 0.05) is 31.6 Å². The normalized spacial score (nSPS) is 21.6. The highest BCUT2D eigenvalue weighted by atomic mass is 19.1. The van der Waals surface area contributed by atoms with Crippen LogP contribution in [0.3, 0.4) is 0 Å². The monoisotopic (exact) mass is 308 g/mol. The van der Waals surface area contributed by atoms with Gasteiger partial charge in [-0.3, -0.25) is 4.79 Å². The molecule has 1 aromatic carbocycles. The van der Waals surface area contributed by atoms with Gasteiger partial charge in [0.2, 0.25) is 5.91 Å². The second-order valence-corrected chi connectivity index (χ2v) is 6.36. The zero-order chi connectivity index (χ0) is 15.9. The average molecular weight is 308 g/mol. The van der Waals surface area contributed by atoms with Gasteiger partial charge in [-0.25, -0.2) is 4.39 Å². The van der Waals surface area contributed by atoms with E-state index in [2.05, 4.69) is 24.5 Å². The highest BCUT2D eigenvalue weighted by molar-refractivity contribution is 5.79. The van der Waals surface area contributed by atoms with Crippen LogP contribution in [0, 0.1) is 23.6 Å². The van der Waals surface area contributed by atoms with Crippen molar-refractivity contribution in [2.75, 3.05) is 26.2 Å². The lowest BCUT2D eigenvalue weighted by Gasteiger charge is -2.29. The zero-order valence-corrected chi connectivity index (χ0v) is 13.3. The average Bonchev–Trinajstić information content (AvgIpc) is 2.51. The number of halogens is 1. The molecule has 5 heteroatoms. The Morgan fingerprint density at radius 2 is 2.27 bits per heavy atom. The minimum Gasteiger partial charge on any atom is -0.493 e. The van der Waals surface area contributed by atoms with Crippen LogP contribution in [0.2, 0.25) is 0 Å². The Balaban J connectivity index is 1.79. The lowest BCUT2D eigenvalue weighted by Crippen LogP contribution is -2.46. The number of carbonyl (C=O) groups excluding carboxylic acids is 1. The number of piperidine rings is 1. The molecular weight excluding hydrogens is 283 g/mol. The first-order valence-electron chi connectivity index (χ1n) is 7.91. The maximum Gasteiger partial charge on any atom is 0.224 e. The molecule has 1 heterocycles. The molecule has 0 spiro atoms. The summed E-state index contributed by atoms with van der Waals surface area (Å²) < 4.78 is 18.7. The van der Waals surface area contributed by atoms with Crippen molar-refractivity contribution >= 4 is 5.91 Å². The van der Waals surface area contributed by atoms with Crippen LogP contribution in [-0.2, 0) is 4.79 Å². The number of benzene rings is 1. The van der Waals surface area contributed by atoms with Gasteiger partial charge in [-0.15, -0.1) is 0 Å². The number of nitrogens with one attached hydrogen (secondary N) is 2. The van der Waals surface area contributed by atoms with Gasteiger partial charge in [0.25, 0.3) is 0 Å². The summed E-state index contributed by atoms with van der Waals surface area (Å²) in [6, 6.07) is 6.14. The first-order chi connectivity index (χ1) is 10.5. The van der Waals surface area contributed by atoms with Crippen molar-refractivity contribution in [2.24, 2.45) is 17.8 Å². The third-order valence-electron chi connectivity index (χ3n) is 3.78. The van der Waals surface area contributed by atoms with Gasteiger partial charge in [-0.05, 0) is 24.5 Å². The lowest BCUT2D eigenvalue weighted by atomic mass is 9.90. The summed E-state index contributed by atoms with van der Waals surface area (Å²) in [5.41, 5.74) is 0. The maximum absolute atomic E-state index is 13.1. The standard InChI is InChI=1S/C17H25FN2O2/c1-12(2)8-20-17(21)14-6-13(9-19-10-14)11-22-16-5-3-4-15(18)7-16/h3-5,7,12-14,19H,6,8-11H2,1-2H3,(H,20,21)/t13-,14+/m0/s1. The van der Waals surface area contributed by atoms with Crippen molar-refractivity contribution in [3.8, 4) is 5.75 Å². The van der Waals surface area contributed by atoms with E-state index in [0.29, 0.717) is 31.4 Å². The Hall–Kier alpha value is -1.62. The smallest absolute Gasteiger partial charge is 0.224 e. The zero-order valence-electron chi connectivity index (χ0n) is 13.3. The molecule has 1 aliphatic rings. The van der Waals surface area contributed by atoms with Gasteiger partial charge in [0.1, 0.15) is 11.6 Å². The molecule has 1 aliphatic heterocycles. The van der Waals surface area contributed by atoms with Crippen molar-refractivity contribution in [2.45, 2.75) is 20.3 Å². The molecular formula is C17H25FN2O2. The molecule has 0 aliphatic carbocycles. The fourth-order valence-electron chi connectivity index (χ4n) is 2.58. The van der Waals surface area contributed by atoms with Gasteiger partial charge in [-0.2, -0.15) is 0 Å². The topological polar surface area (TPSA) is 50.4 Å². The molecule has 2 rings (SSSR count). The quantitative estimate of drug-likeness (QED) is 0.847. The lowest BCUT2D eigenvalue weighted by molar-refractivity contribution is -0.126. The van der Waals surface area contributed by atoms with Gasteiger partial charge >= 0.3 is 0 Å². The SMILES string of the molecule is CC(C)CNC(=O)[C@H]1CNC[C@@H](COc2cccc(F)c2)C1. The minimum atomic E-state index is -0.301. The van der Waals surface area contributed by atoms with Crippen LogP contribution < -0.4 is 15.4 Å². The predicted molar refractivity (Wildman–Crippen MR) is 84.2 cm³/mol. The number of hydrogen-bond donors (Lipinski definition) is 2. The van der Waals surface area contributed by atoms with Gasteiger partial charge in [0.15, 0.2) is 0 Å². The van der Waals surface area contributed by atoms with E-state index in [9.17, 15) is 9.18 Å². The van der Waals surface area contributed by atoms with E-state index in [1.54, 1.807) is 12.1 Å². The molecule has 1 amide bonds. The summed E-state index contributed by atoms with van der Waals surface area (Å²) in [5.74, 6) is 1.03. The maximum atomic E-state index is 13.1. The molecule has 0 saturated carbocycles. The molecule has 0 aromatic heterocycles. The van der Waals surface area contributed by atoms with E-state index in [0.717, 1.165) is 13.0 Å². The van der Waals surface area contributed by atoms with Crippen LogP contribution in [-0.4, -0.2) is 32.1 Å². The molecule has 22 heavy (non-hydrogen) atoms. The second kappa shape index (κ2) is 8.13. The number of carbonyl (C=O) groups is 1. The Kier molecular flexibility index (Phi) is 6.19. The summed E-state index contributed by atoms with van der Waals surface area (Å²) in [6.45, 7) is 6.89. The first-order valence-corrected chi connectivity index (χ1v) is 7.91. The summed E-state index contributed by atoms with van der Waals surface area (Å²) in [7, 11) is 0. The van der Waals surface area contributed by atoms with Crippen molar-refractivity contribution < 1.29 is 13.9 Å². The molecule has 0 bridgehead atoms. The first kappa shape index (κ1) is 16.7. The molecule has 0 radical (unpaired) electrons. The van der Waals surface area contributed by atoms with E-state index in [4.69, 9.17) is 4.74 Å². The summed E-state index contributed by atoms with van der Waals surface area (Å²) >= 11 is 0. The third kappa shape index (κ3) is 5.30.